The largest absolute Gasteiger partial charge is 0.327 e. The third-order valence-corrected chi connectivity index (χ3v) is 5.87. The first-order valence-electron chi connectivity index (χ1n) is 10.5. The molecule has 2 aliphatic heterocycles. The molecular formula is C24H36N4. The average molecular weight is 381 g/mol. The van der Waals surface area contributed by atoms with Gasteiger partial charge in [-0.05, 0) is 49.9 Å². The van der Waals surface area contributed by atoms with E-state index >= 15 is 0 Å². The minimum absolute atomic E-state index is 0.332. The van der Waals surface area contributed by atoms with Crippen LogP contribution in [-0.2, 0) is 0 Å². The SMILES string of the molecule is CN1CC(N)CC(c2ccccc2)C1.CN1CC(N)CC(c2ccccc2)C1. The van der Waals surface area contributed by atoms with Gasteiger partial charge in [-0.15, -0.1) is 0 Å². The van der Waals surface area contributed by atoms with Gasteiger partial charge in [-0.1, -0.05) is 60.7 Å². The number of hydrogen-bond donors (Lipinski definition) is 2. The fourth-order valence-electron chi connectivity index (χ4n) is 4.66. The van der Waals surface area contributed by atoms with Crippen molar-refractivity contribution in [1.82, 2.24) is 9.80 Å². The molecule has 2 saturated heterocycles. The van der Waals surface area contributed by atoms with Gasteiger partial charge in [-0.3, -0.25) is 0 Å². The number of nitrogens with zero attached hydrogens (tertiary/aromatic N) is 2. The second-order valence-electron chi connectivity index (χ2n) is 8.65. The standard InChI is InChI=1S/2C12H18N2/c2*1-14-8-11(7-12(13)9-14)10-5-3-2-4-6-10/h2*2-6,11-12H,7-9,13H2,1H3. The van der Waals surface area contributed by atoms with Crippen LogP contribution in [0.15, 0.2) is 60.7 Å². The summed E-state index contributed by atoms with van der Waals surface area (Å²) in [5, 5.41) is 0. The molecule has 0 aliphatic carbocycles. The van der Waals surface area contributed by atoms with Gasteiger partial charge < -0.3 is 21.3 Å². The third-order valence-electron chi connectivity index (χ3n) is 5.87. The molecule has 4 N–H and O–H groups in total. The Morgan fingerprint density at radius 2 is 0.964 bits per heavy atom. The molecule has 4 rings (SSSR count). The lowest BCUT2D eigenvalue weighted by atomic mass is 9.89. The summed E-state index contributed by atoms with van der Waals surface area (Å²) in [5.74, 6) is 1.23. The van der Waals surface area contributed by atoms with E-state index in [4.69, 9.17) is 11.5 Å². The summed E-state index contributed by atoms with van der Waals surface area (Å²) in [6.45, 7) is 4.34. The molecule has 152 valence electrons. The zero-order valence-electron chi connectivity index (χ0n) is 17.4. The molecule has 4 heteroatoms. The first-order chi connectivity index (χ1) is 13.5. The Kier molecular flexibility index (Phi) is 7.63. The van der Waals surface area contributed by atoms with E-state index in [1.165, 1.54) is 11.1 Å². The molecule has 4 nitrogen and oxygen atoms in total. The molecule has 0 saturated carbocycles. The van der Waals surface area contributed by atoms with Crippen LogP contribution in [0.5, 0.6) is 0 Å². The van der Waals surface area contributed by atoms with Crippen LogP contribution in [0.1, 0.15) is 35.8 Å². The number of piperidine rings is 2. The summed E-state index contributed by atoms with van der Waals surface area (Å²) < 4.78 is 0. The Balaban J connectivity index is 0.000000161. The van der Waals surface area contributed by atoms with Crippen molar-refractivity contribution in [3.8, 4) is 0 Å². The number of nitrogens with two attached hydrogens (primary N) is 2. The normalized spacial score (nSPS) is 29.0. The molecule has 2 aliphatic rings. The highest BCUT2D eigenvalue weighted by Gasteiger charge is 2.24. The fraction of sp³-hybridized carbons (Fsp3) is 0.500. The zero-order valence-corrected chi connectivity index (χ0v) is 17.4. The second kappa shape index (κ2) is 10.2. The van der Waals surface area contributed by atoms with Gasteiger partial charge in [-0.2, -0.15) is 0 Å². The topological polar surface area (TPSA) is 58.5 Å². The Morgan fingerprint density at radius 3 is 1.29 bits per heavy atom. The maximum absolute atomic E-state index is 6.01. The van der Waals surface area contributed by atoms with Crippen LogP contribution in [-0.4, -0.2) is 62.2 Å². The van der Waals surface area contributed by atoms with E-state index in [2.05, 4.69) is 84.6 Å². The molecule has 2 heterocycles. The molecule has 0 spiro atoms. The molecule has 0 amide bonds. The first-order valence-corrected chi connectivity index (χ1v) is 10.5. The molecule has 4 atom stereocenters. The van der Waals surface area contributed by atoms with E-state index in [1.54, 1.807) is 0 Å². The van der Waals surface area contributed by atoms with Crippen molar-refractivity contribution >= 4 is 0 Å². The lowest BCUT2D eigenvalue weighted by Gasteiger charge is -2.34. The monoisotopic (exact) mass is 380 g/mol. The number of rotatable bonds is 2. The Hall–Kier alpha value is -1.72. The van der Waals surface area contributed by atoms with E-state index in [0.717, 1.165) is 39.0 Å². The van der Waals surface area contributed by atoms with Gasteiger partial charge in [0.2, 0.25) is 0 Å². The van der Waals surface area contributed by atoms with Crippen molar-refractivity contribution in [1.29, 1.82) is 0 Å². The smallest absolute Gasteiger partial charge is 0.0174 e. The maximum Gasteiger partial charge on any atom is 0.0174 e. The highest BCUT2D eigenvalue weighted by atomic mass is 15.1. The van der Waals surface area contributed by atoms with Crippen LogP contribution in [0.4, 0.5) is 0 Å². The van der Waals surface area contributed by atoms with Gasteiger partial charge in [0.25, 0.3) is 0 Å². The van der Waals surface area contributed by atoms with E-state index in [0.29, 0.717) is 23.9 Å². The van der Waals surface area contributed by atoms with Gasteiger partial charge in [0.05, 0.1) is 0 Å². The summed E-state index contributed by atoms with van der Waals surface area (Å²) in [4.78, 5) is 4.65. The highest BCUT2D eigenvalue weighted by molar-refractivity contribution is 5.21. The molecule has 2 aromatic rings. The van der Waals surface area contributed by atoms with E-state index in [1.807, 2.05) is 0 Å². The Bertz CT molecular complexity index is 609. The molecule has 2 fully saturated rings. The minimum atomic E-state index is 0.332. The van der Waals surface area contributed by atoms with Crippen LogP contribution in [0, 0.1) is 0 Å². The summed E-state index contributed by atoms with van der Waals surface area (Å²) in [5.41, 5.74) is 14.9. The first kappa shape index (κ1) is 21.0. The zero-order chi connectivity index (χ0) is 19.9. The number of hydrogen-bond acceptors (Lipinski definition) is 4. The molecule has 0 aromatic heterocycles. The number of likely N-dealkylation sites (tertiary alicyclic amines) is 2. The average Bonchev–Trinajstić information content (AvgIpc) is 2.68. The lowest BCUT2D eigenvalue weighted by molar-refractivity contribution is 0.227. The second-order valence-corrected chi connectivity index (χ2v) is 8.65. The predicted octanol–water partition coefficient (Wildman–Crippen LogP) is 2.87. The quantitative estimate of drug-likeness (QED) is 0.841. The summed E-state index contributed by atoms with van der Waals surface area (Å²) >= 11 is 0. The number of likely N-dealkylation sites (N-methyl/N-ethyl adjacent to an activating group) is 2. The van der Waals surface area contributed by atoms with Crippen molar-refractivity contribution in [2.45, 2.75) is 36.8 Å². The van der Waals surface area contributed by atoms with E-state index in [-0.39, 0.29) is 0 Å². The molecule has 28 heavy (non-hydrogen) atoms. The van der Waals surface area contributed by atoms with Crippen LogP contribution in [0.3, 0.4) is 0 Å². The summed E-state index contributed by atoms with van der Waals surface area (Å²) in [7, 11) is 4.30. The number of benzene rings is 2. The third kappa shape index (κ3) is 6.14. The van der Waals surface area contributed by atoms with E-state index in [9.17, 15) is 0 Å². The molecule has 0 radical (unpaired) electrons. The van der Waals surface area contributed by atoms with Gasteiger partial charge in [0.15, 0.2) is 0 Å². The molecular weight excluding hydrogens is 344 g/mol. The van der Waals surface area contributed by atoms with Gasteiger partial charge >= 0.3 is 0 Å². The van der Waals surface area contributed by atoms with Crippen molar-refractivity contribution in [3.63, 3.8) is 0 Å². The van der Waals surface area contributed by atoms with Crippen LogP contribution < -0.4 is 11.5 Å². The lowest BCUT2D eigenvalue weighted by Crippen LogP contribution is -2.44. The molecule has 0 bridgehead atoms. The van der Waals surface area contributed by atoms with Crippen LogP contribution in [0.25, 0.3) is 0 Å². The van der Waals surface area contributed by atoms with Gasteiger partial charge in [0.1, 0.15) is 0 Å². The minimum Gasteiger partial charge on any atom is -0.327 e. The van der Waals surface area contributed by atoms with Gasteiger partial charge in [0, 0.05) is 38.3 Å². The van der Waals surface area contributed by atoms with Gasteiger partial charge in [-0.25, -0.2) is 0 Å². The molecule has 4 unspecified atom stereocenters. The van der Waals surface area contributed by atoms with E-state index < -0.39 is 0 Å². The molecule has 2 aromatic carbocycles. The Labute approximate surface area is 170 Å². The van der Waals surface area contributed by atoms with Crippen molar-refractivity contribution < 1.29 is 0 Å². The predicted molar refractivity (Wildman–Crippen MR) is 119 cm³/mol. The van der Waals surface area contributed by atoms with Crippen molar-refractivity contribution in [2.75, 3.05) is 40.3 Å². The van der Waals surface area contributed by atoms with Crippen LogP contribution >= 0.6 is 0 Å². The van der Waals surface area contributed by atoms with Crippen LogP contribution in [0.2, 0.25) is 0 Å². The summed E-state index contributed by atoms with van der Waals surface area (Å²) in [6.07, 6.45) is 2.24. The highest BCUT2D eigenvalue weighted by Crippen LogP contribution is 2.26. The summed E-state index contributed by atoms with van der Waals surface area (Å²) in [6, 6.07) is 22.0. The van der Waals surface area contributed by atoms with Crippen molar-refractivity contribution in [3.05, 3.63) is 71.8 Å². The van der Waals surface area contributed by atoms with Crippen molar-refractivity contribution in [2.24, 2.45) is 11.5 Å². The fourth-order valence-corrected chi connectivity index (χ4v) is 4.66. The maximum atomic E-state index is 6.01. The Morgan fingerprint density at radius 1 is 0.607 bits per heavy atom.